The van der Waals surface area contributed by atoms with E-state index in [9.17, 15) is 9.90 Å². The summed E-state index contributed by atoms with van der Waals surface area (Å²) in [5.74, 6) is 0.294. The van der Waals surface area contributed by atoms with Gasteiger partial charge in [-0.25, -0.2) is 0 Å². The molecule has 0 heterocycles. The topological polar surface area (TPSA) is 49.3 Å². The van der Waals surface area contributed by atoms with Gasteiger partial charge < -0.3 is 10.4 Å². The maximum absolute atomic E-state index is 12.5. The van der Waals surface area contributed by atoms with Crippen molar-refractivity contribution in [3.63, 3.8) is 0 Å². The number of fused-ring (bicyclic) bond motifs is 1. The smallest absolute Gasteiger partial charge is 0.224 e. The van der Waals surface area contributed by atoms with E-state index in [2.05, 4.69) is 5.32 Å². The van der Waals surface area contributed by atoms with E-state index in [1.807, 2.05) is 48.5 Å². The second-order valence-electron chi connectivity index (χ2n) is 6.46. The van der Waals surface area contributed by atoms with Gasteiger partial charge in [0.05, 0.1) is 12.1 Å². The molecule has 2 aliphatic carbocycles. The highest BCUT2D eigenvalue weighted by atomic mass is 35.5. The summed E-state index contributed by atoms with van der Waals surface area (Å²) in [6, 6.07) is 15.3. The molecular formula is C19H18ClNO2. The zero-order valence-electron chi connectivity index (χ0n) is 12.6. The summed E-state index contributed by atoms with van der Waals surface area (Å²) in [4.78, 5) is 12.5. The highest BCUT2D eigenvalue weighted by molar-refractivity contribution is 6.30. The SMILES string of the molecule is O=C(NC1c2ccccc2CC1O)C1CC1c1ccc(Cl)cc1. The summed E-state index contributed by atoms with van der Waals surface area (Å²) in [6.45, 7) is 0. The highest BCUT2D eigenvalue weighted by Gasteiger charge is 2.45. The lowest BCUT2D eigenvalue weighted by molar-refractivity contribution is -0.123. The number of hydrogen-bond acceptors (Lipinski definition) is 2. The van der Waals surface area contributed by atoms with E-state index in [1.54, 1.807) is 0 Å². The van der Waals surface area contributed by atoms with Crippen molar-refractivity contribution in [3.05, 3.63) is 70.2 Å². The van der Waals surface area contributed by atoms with Gasteiger partial charge in [0, 0.05) is 17.4 Å². The third-order valence-electron chi connectivity index (χ3n) is 4.93. The molecule has 0 spiro atoms. The van der Waals surface area contributed by atoms with Crippen LogP contribution in [0.1, 0.15) is 35.1 Å². The van der Waals surface area contributed by atoms with Gasteiger partial charge in [0.15, 0.2) is 0 Å². The number of halogens is 1. The van der Waals surface area contributed by atoms with Crippen molar-refractivity contribution in [1.82, 2.24) is 5.32 Å². The standard InChI is InChI=1S/C19H18ClNO2/c20-13-7-5-11(6-8-13)15-10-16(15)19(23)21-18-14-4-2-1-3-12(14)9-17(18)22/h1-8,15-18,22H,9-10H2,(H,21,23). The van der Waals surface area contributed by atoms with Gasteiger partial charge in [-0.1, -0.05) is 48.0 Å². The minimum Gasteiger partial charge on any atom is -0.390 e. The molecule has 0 bridgehead atoms. The van der Waals surface area contributed by atoms with Crippen LogP contribution in [-0.2, 0) is 11.2 Å². The molecular weight excluding hydrogens is 310 g/mol. The summed E-state index contributed by atoms with van der Waals surface area (Å²) in [5.41, 5.74) is 3.31. The van der Waals surface area contributed by atoms with Gasteiger partial charge >= 0.3 is 0 Å². The Morgan fingerprint density at radius 2 is 1.87 bits per heavy atom. The maximum atomic E-state index is 12.5. The number of hydrogen-bond donors (Lipinski definition) is 2. The Morgan fingerprint density at radius 1 is 1.13 bits per heavy atom. The van der Waals surface area contributed by atoms with Gasteiger partial charge in [-0.3, -0.25) is 4.79 Å². The van der Waals surface area contributed by atoms with Crippen LogP contribution in [0.25, 0.3) is 0 Å². The highest BCUT2D eigenvalue weighted by Crippen LogP contribution is 2.48. The van der Waals surface area contributed by atoms with E-state index in [0.29, 0.717) is 11.4 Å². The fourth-order valence-electron chi connectivity index (χ4n) is 3.57. The molecule has 4 heteroatoms. The van der Waals surface area contributed by atoms with Crippen LogP contribution < -0.4 is 5.32 Å². The first kappa shape index (κ1) is 14.7. The fraction of sp³-hybridized carbons (Fsp3) is 0.316. The number of benzene rings is 2. The van der Waals surface area contributed by atoms with Gasteiger partial charge in [-0.05, 0) is 41.2 Å². The molecule has 1 saturated carbocycles. The van der Waals surface area contributed by atoms with Crippen molar-refractivity contribution in [2.45, 2.75) is 30.9 Å². The average Bonchev–Trinajstić information content (AvgIpc) is 3.28. The Bertz CT molecular complexity index is 743. The molecule has 1 fully saturated rings. The second kappa shape index (κ2) is 5.66. The largest absolute Gasteiger partial charge is 0.390 e. The molecule has 0 radical (unpaired) electrons. The average molecular weight is 328 g/mol. The summed E-state index contributed by atoms with van der Waals surface area (Å²) in [5, 5.41) is 14.0. The number of aliphatic hydroxyl groups excluding tert-OH is 1. The third kappa shape index (κ3) is 2.75. The van der Waals surface area contributed by atoms with E-state index in [-0.39, 0.29) is 23.8 Å². The molecule has 3 nitrogen and oxygen atoms in total. The van der Waals surface area contributed by atoms with Crippen molar-refractivity contribution in [1.29, 1.82) is 0 Å². The van der Waals surface area contributed by atoms with E-state index in [0.717, 1.165) is 23.1 Å². The van der Waals surface area contributed by atoms with Crippen LogP contribution in [0.2, 0.25) is 5.02 Å². The summed E-state index contributed by atoms with van der Waals surface area (Å²) >= 11 is 5.91. The van der Waals surface area contributed by atoms with Crippen LogP contribution in [0.4, 0.5) is 0 Å². The van der Waals surface area contributed by atoms with Gasteiger partial charge in [0.1, 0.15) is 0 Å². The van der Waals surface area contributed by atoms with E-state index < -0.39 is 6.10 Å². The first-order valence-electron chi connectivity index (χ1n) is 7.95. The van der Waals surface area contributed by atoms with Gasteiger partial charge in [-0.15, -0.1) is 0 Å². The second-order valence-corrected chi connectivity index (χ2v) is 6.89. The summed E-state index contributed by atoms with van der Waals surface area (Å²) in [6.07, 6.45) is 0.925. The molecule has 1 amide bonds. The lowest BCUT2D eigenvalue weighted by atomic mass is 10.1. The number of aliphatic hydroxyl groups is 1. The quantitative estimate of drug-likeness (QED) is 0.909. The lowest BCUT2D eigenvalue weighted by Crippen LogP contribution is -2.35. The maximum Gasteiger partial charge on any atom is 0.224 e. The first-order chi connectivity index (χ1) is 11.1. The van der Waals surface area contributed by atoms with Crippen LogP contribution in [-0.4, -0.2) is 17.1 Å². The number of carbonyl (C=O) groups is 1. The van der Waals surface area contributed by atoms with E-state index in [4.69, 9.17) is 11.6 Å². The van der Waals surface area contributed by atoms with Crippen molar-refractivity contribution in [2.75, 3.05) is 0 Å². The van der Waals surface area contributed by atoms with Crippen molar-refractivity contribution >= 4 is 17.5 Å². The molecule has 0 aliphatic heterocycles. The van der Waals surface area contributed by atoms with Gasteiger partial charge in [0.2, 0.25) is 5.91 Å². The fourth-order valence-corrected chi connectivity index (χ4v) is 3.70. The van der Waals surface area contributed by atoms with Crippen molar-refractivity contribution in [2.24, 2.45) is 5.92 Å². The first-order valence-corrected chi connectivity index (χ1v) is 8.33. The third-order valence-corrected chi connectivity index (χ3v) is 5.18. The minimum atomic E-state index is -0.538. The molecule has 118 valence electrons. The zero-order valence-corrected chi connectivity index (χ0v) is 13.3. The Balaban J connectivity index is 1.44. The molecule has 0 aromatic heterocycles. The number of amides is 1. The molecule has 2 aliphatic rings. The van der Waals surface area contributed by atoms with E-state index >= 15 is 0 Å². The molecule has 2 aromatic carbocycles. The van der Waals surface area contributed by atoms with Crippen molar-refractivity contribution in [3.8, 4) is 0 Å². The molecule has 4 atom stereocenters. The Kier molecular flexibility index (Phi) is 3.63. The molecule has 2 N–H and O–H groups in total. The van der Waals surface area contributed by atoms with E-state index in [1.165, 1.54) is 0 Å². The lowest BCUT2D eigenvalue weighted by Gasteiger charge is -2.18. The number of rotatable bonds is 3. The normalized spacial score (nSPS) is 28.3. The summed E-state index contributed by atoms with van der Waals surface area (Å²) in [7, 11) is 0. The summed E-state index contributed by atoms with van der Waals surface area (Å²) < 4.78 is 0. The number of carbonyl (C=O) groups excluding carboxylic acids is 1. The Labute approximate surface area is 140 Å². The number of nitrogens with one attached hydrogen (secondary N) is 1. The molecule has 4 unspecified atom stereocenters. The van der Waals surface area contributed by atoms with Crippen LogP contribution in [0.5, 0.6) is 0 Å². The van der Waals surface area contributed by atoms with Gasteiger partial charge in [0.25, 0.3) is 0 Å². The van der Waals surface area contributed by atoms with Crippen LogP contribution in [0.3, 0.4) is 0 Å². The molecule has 4 rings (SSSR count). The minimum absolute atomic E-state index is 0.00358. The zero-order chi connectivity index (χ0) is 16.0. The molecule has 2 aromatic rings. The van der Waals surface area contributed by atoms with Crippen LogP contribution in [0, 0.1) is 5.92 Å². The Morgan fingerprint density at radius 3 is 2.65 bits per heavy atom. The van der Waals surface area contributed by atoms with Crippen LogP contribution >= 0.6 is 11.6 Å². The predicted octanol–water partition coefficient (Wildman–Crippen LogP) is 3.22. The van der Waals surface area contributed by atoms with Gasteiger partial charge in [-0.2, -0.15) is 0 Å². The molecule has 23 heavy (non-hydrogen) atoms. The van der Waals surface area contributed by atoms with Crippen LogP contribution in [0.15, 0.2) is 48.5 Å². The van der Waals surface area contributed by atoms with Crippen molar-refractivity contribution < 1.29 is 9.90 Å². The molecule has 0 saturated heterocycles. The predicted molar refractivity (Wildman–Crippen MR) is 89.3 cm³/mol. The Hall–Kier alpha value is -1.84. The monoisotopic (exact) mass is 327 g/mol.